The Labute approximate surface area is 146 Å². The van der Waals surface area contributed by atoms with Crippen LogP contribution in [-0.4, -0.2) is 9.97 Å². The molecule has 1 aliphatic carbocycles. The molecule has 0 spiro atoms. The molecule has 0 aromatic carbocycles. The molecule has 0 saturated carbocycles. The average molecular weight is 344 g/mol. The monoisotopic (exact) mass is 343 g/mol. The Bertz CT molecular complexity index is 716. The maximum Gasteiger partial charge on any atom is 0.114 e. The minimum atomic E-state index is 0.720. The largest absolute Gasteiger partial charge is 0.245 e. The van der Waals surface area contributed by atoms with Crippen molar-refractivity contribution < 1.29 is 0 Å². The summed E-state index contributed by atoms with van der Waals surface area (Å²) < 4.78 is 0. The van der Waals surface area contributed by atoms with Gasteiger partial charge in [-0.2, -0.15) is 5.26 Å². The number of rotatable bonds is 6. The van der Waals surface area contributed by atoms with E-state index in [0.717, 1.165) is 41.3 Å². The molecule has 0 radical (unpaired) electrons. The highest BCUT2D eigenvalue weighted by Crippen LogP contribution is 2.29. The SMILES string of the molecule is CCCCc1nc(CSc2nc3c(cc2C#N)CCCC3)cs1. The molecule has 1 aliphatic rings. The fourth-order valence-corrected chi connectivity index (χ4v) is 4.62. The molecule has 0 bridgehead atoms. The van der Waals surface area contributed by atoms with Crippen molar-refractivity contribution in [2.75, 3.05) is 0 Å². The maximum absolute atomic E-state index is 9.40. The molecule has 0 atom stereocenters. The van der Waals surface area contributed by atoms with E-state index in [9.17, 15) is 5.26 Å². The van der Waals surface area contributed by atoms with Crippen LogP contribution in [0, 0.1) is 11.3 Å². The van der Waals surface area contributed by atoms with E-state index in [0.29, 0.717) is 0 Å². The summed E-state index contributed by atoms with van der Waals surface area (Å²) >= 11 is 3.39. The standard InChI is InChI=1S/C18H21N3S2/c1-2-3-8-17-20-15(11-22-17)12-23-18-14(10-19)9-13-6-4-5-7-16(13)21-18/h9,11H,2-8,12H2,1H3. The topological polar surface area (TPSA) is 49.6 Å². The Morgan fingerprint density at radius 1 is 1.30 bits per heavy atom. The lowest BCUT2D eigenvalue weighted by atomic mass is 9.95. The summed E-state index contributed by atoms with van der Waals surface area (Å²) in [5.41, 5.74) is 4.29. The van der Waals surface area contributed by atoms with E-state index in [2.05, 4.69) is 24.4 Å². The number of pyridine rings is 1. The van der Waals surface area contributed by atoms with E-state index in [4.69, 9.17) is 9.97 Å². The Morgan fingerprint density at radius 2 is 2.17 bits per heavy atom. The van der Waals surface area contributed by atoms with Gasteiger partial charge in [-0.25, -0.2) is 9.97 Å². The summed E-state index contributed by atoms with van der Waals surface area (Å²) in [4.78, 5) is 9.46. The van der Waals surface area contributed by atoms with Crippen molar-refractivity contribution in [2.45, 2.75) is 62.6 Å². The third kappa shape index (κ3) is 4.13. The van der Waals surface area contributed by atoms with E-state index < -0.39 is 0 Å². The number of nitrogens with zero attached hydrogens (tertiary/aromatic N) is 3. The first-order valence-corrected chi connectivity index (χ1v) is 10.2. The number of hydrogen-bond acceptors (Lipinski definition) is 5. The molecule has 5 heteroatoms. The highest BCUT2D eigenvalue weighted by Gasteiger charge is 2.15. The Balaban J connectivity index is 1.70. The molecule has 0 unspecified atom stereocenters. The van der Waals surface area contributed by atoms with E-state index in [1.165, 1.54) is 41.9 Å². The zero-order chi connectivity index (χ0) is 16.1. The molecule has 120 valence electrons. The molecule has 23 heavy (non-hydrogen) atoms. The fourth-order valence-electron chi connectivity index (χ4n) is 2.81. The number of aromatic nitrogens is 2. The molecule has 2 aromatic heterocycles. The van der Waals surface area contributed by atoms with Gasteiger partial charge in [0.15, 0.2) is 0 Å². The van der Waals surface area contributed by atoms with Crippen LogP contribution in [0.25, 0.3) is 0 Å². The number of thiazole rings is 1. The van der Waals surface area contributed by atoms with Gasteiger partial charge in [0.1, 0.15) is 11.1 Å². The van der Waals surface area contributed by atoms with E-state index in [-0.39, 0.29) is 0 Å². The van der Waals surface area contributed by atoms with Crippen LogP contribution in [-0.2, 0) is 25.0 Å². The number of hydrogen-bond donors (Lipinski definition) is 0. The van der Waals surface area contributed by atoms with Crippen LogP contribution in [0.1, 0.15) is 60.1 Å². The van der Waals surface area contributed by atoms with Crippen LogP contribution >= 0.6 is 23.1 Å². The van der Waals surface area contributed by atoms with Gasteiger partial charge in [0.25, 0.3) is 0 Å². The van der Waals surface area contributed by atoms with Crippen LogP contribution in [0.5, 0.6) is 0 Å². The molecule has 3 rings (SSSR count). The van der Waals surface area contributed by atoms with Gasteiger partial charge in [0, 0.05) is 16.8 Å². The van der Waals surface area contributed by atoms with Gasteiger partial charge in [-0.1, -0.05) is 25.1 Å². The van der Waals surface area contributed by atoms with Gasteiger partial charge < -0.3 is 0 Å². The summed E-state index contributed by atoms with van der Waals surface area (Å²) in [5, 5.41) is 13.6. The molecule has 3 nitrogen and oxygen atoms in total. The lowest BCUT2D eigenvalue weighted by molar-refractivity contribution is 0.660. The molecule has 0 fully saturated rings. The van der Waals surface area contributed by atoms with Gasteiger partial charge in [-0.15, -0.1) is 11.3 Å². The molecule has 0 saturated heterocycles. The second-order valence-corrected chi connectivity index (χ2v) is 7.80. The molecule has 2 aromatic rings. The second kappa shape index (κ2) is 7.94. The molecular formula is C18H21N3S2. The minimum Gasteiger partial charge on any atom is -0.245 e. The van der Waals surface area contributed by atoms with E-state index >= 15 is 0 Å². The van der Waals surface area contributed by atoms with Crippen molar-refractivity contribution in [1.29, 1.82) is 5.26 Å². The quantitative estimate of drug-likeness (QED) is 0.698. The van der Waals surface area contributed by atoms with Crippen molar-refractivity contribution in [3.8, 4) is 6.07 Å². The van der Waals surface area contributed by atoms with E-state index in [1.54, 1.807) is 23.1 Å². The first-order valence-electron chi connectivity index (χ1n) is 8.29. The normalized spacial score (nSPS) is 13.6. The smallest absolute Gasteiger partial charge is 0.114 e. The van der Waals surface area contributed by atoms with Gasteiger partial charge >= 0.3 is 0 Å². The summed E-state index contributed by atoms with van der Waals surface area (Å²) in [7, 11) is 0. The van der Waals surface area contributed by atoms with Crippen molar-refractivity contribution in [2.24, 2.45) is 0 Å². The molecule has 0 N–H and O–H groups in total. The predicted molar refractivity (Wildman–Crippen MR) is 95.9 cm³/mol. The van der Waals surface area contributed by atoms with Crippen molar-refractivity contribution in [3.63, 3.8) is 0 Å². The molecular weight excluding hydrogens is 322 g/mol. The lowest BCUT2D eigenvalue weighted by Gasteiger charge is -2.16. The predicted octanol–water partition coefficient (Wildman–Crippen LogP) is 4.92. The maximum atomic E-state index is 9.40. The Morgan fingerprint density at radius 3 is 3.00 bits per heavy atom. The van der Waals surface area contributed by atoms with Crippen molar-refractivity contribution in [3.05, 3.63) is 39.0 Å². The number of fused-ring (bicyclic) bond motifs is 1. The zero-order valence-electron chi connectivity index (χ0n) is 13.5. The first-order chi connectivity index (χ1) is 11.3. The summed E-state index contributed by atoms with van der Waals surface area (Å²) in [6.07, 6.45) is 8.02. The zero-order valence-corrected chi connectivity index (χ0v) is 15.1. The number of nitriles is 1. The Kier molecular flexibility index (Phi) is 5.69. The molecule has 0 aliphatic heterocycles. The van der Waals surface area contributed by atoms with E-state index in [1.807, 2.05) is 0 Å². The summed E-state index contributed by atoms with van der Waals surface area (Å²) in [6, 6.07) is 4.37. The van der Waals surface area contributed by atoms with Crippen molar-refractivity contribution in [1.82, 2.24) is 9.97 Å². The third-order valence-corrected chi connectivity index (χ3v) is 6.07. The number of aryl methyl sites for hydroxylation is 3. The number of unbranched alkanes of at least 4 members (excludes halogenated alkanes) is 1. The molecule has 2 heterocycles. The summed E-state index contributed by atoms with van der Waals surface area (Å²) in [5.74, 6) is 0.795. The average Bonchev–Trinajstić information content (AvgIpc) is 3.05. The van der Waals surface area contributed by atoms with Gasteiger partial charge in [-0.3, -0.25) is 0 Å². The lowest BCUT2D eigenvalue weighted by Crippen LogP contribution is -2.07. The van der Waals surface area contributed by atoms with Crippen molar-refractivity contribution >= 4 is 23.1 Å². The third-order valence-electron chi connectivity index (χ3n) is 4.09. The molecule has 0 amide bonds. The second-order valence-electron chi connectivity index (χ2n) is 5.89. The van der Waals surface area contributed by atoms with Gasteiger partial charge in [0.2, 0.25) is 0 Å². The van der Waals surface area contributed by atoms with Gasteiger partial charge in [-0.05, 0) is 50.2 Å². The van der Waals surface area contributed by atoms with Crippen LogP contribution < -0.4 is 0 Å². The fraction of sp³-hybridized carbons (Fsp3) is 0.500. The van der Waals surface area contributed by atoms with Crippen LogP contribution in [0.2, 0.25) is 0 Å². The Hall–Kier alpha value is -1.38. The number of thioether (sulfide) groups is 1. The van der Waals surface area contributed by atoms with Crippen LogP contribution in [0.3, 0.4) is 0 Å². The van der Waals surface area contributed by atoms with Gasteiger partial charge in [0.05, 0.1) is 16.3 Å². The highest BCUT2D eigenvalue weighted by atomic mass is 32.2. The first kappa shape index (κ1) is 16.5. The van der Waals surface area contributed by atoms with Crippen LogP contribution in [0.4, 0.5) is 0 Å². The highest BCUT2D eigenvalue weighted by molar-refractivity contribution is 7.98. The minimum absolute atomic E-state index is 0.720. The summed E-state index contributed by atoms with van der Waals surface area (Å²) in [6.45, 7) is 2.20. The van der Waals surface area contributed by atoms with Crippen LogP contribution in [0.15, 0.2) is 16.5 Å².